The molecule has 0 saturated carbocycles. The van der Waals surface area contributed by atoms with Crippen LogP contribution in [0.1, 0.15) is 5.69 Å². The Morgan fingerprint density at radius 1 is 1.15 bits per heavy atom. The third kappa shape index (κ3) is 4.90. The Balaban J connectivity index is 1.54. The SMILES string of the molecule is COCCOc1ccc2c(OCC(=N)n3cc(-c4cc(C)no4)cc(F)c3=N)ccnc2c1. The number of hydrogen-bond donors (Lipinski definition) is 2. The van der Waals surface area contributed by atoms with Gasteiger partial charge in [-0.1, -0.05) is 5.16 Å². The first-order valence-electron chi connectivity index (χ1n) is 10.1. The van der Waals surface area contributed by atoms with Crippen LogP contribution in [0.4, 0.5) is 4.39 Å². The summed E-state index contributed by atoms with van der Waals surface area (Å²) in [4.78, 5) is 4.34. The molecule has 1 aromatic carbocycles. The molecule has 0 unspecified atom stereocenters. The fourth-order valence-corrected chi connectivity index (χ4v) is 3.18. The van der Waals surface area contributed by atoms with Crippen molar-refractivity contribution in [3.05, 3.63) is 65.8 Å². The molecule has 4 rings (SSSR count). The maximum absolute atomic E-state index is 14.4. The molecule has 170 valence electrons. The highest BCUT2D eigenvalue weighted by molar-refractivity contribution is 5.87. The molecule has 0 aliphatic heterocycles. The van der Waals surface area contributed by atoms with Crippen molar-refractivity contribution in [3.63, 3.8) is 0 Å². The van der Waals surface area contributed by atoms with Gasteiger partial charge < -0.3 is 18.7 Å². The van der Waals surface area contributed by atoms with Crippen molar-refractivity contribution < 1.29 is 23.1 Å². The van der Waals surface area contributed by atoms with Gasteiger partial charge in [0, 0.05) is 42.6 Å². The first kappa shape index (κ1) is 22.2. The molecular weight excluding hydrogens is 429 g/mol. The Kier molecular flexibility index (Phi) is 6.45. The molecule has 0 fully saturated rings. The Labute approximate surface area is 188 Å². The van der Waals surface area contributed by atoms with E-state index in [1.165, 1.54) is 12.3 Å². The zero-order chi connectivity index (χ0) is 23.4. The standard InChI is InChI=1S/C23H22FN5O4/c1-14-9-21(33-28-14)15-10-18(24)23(26)29(12-15)22(25)13-32-20-5-6-27-19-11-16(3-4-17(19)20)31-8-7-30-2/h3-6,9-12,25-26H,7-8,13H2,1-2H3. The molecule has 3 heterocycles. The van der Waals surface area contributed by atoms with Gasteiger partial charge in [-0.15, -0.1) is 0 Å². The van der Waals surface area contributed by atoms with E-state index in [-0.39, 0.29) is 12.4 Å². The van der Waals surface area contributed by atoms with Crippen LogP contribution in [0.15, 0.2) is 53.3 Å². The first-order valence-corrected chi connectivity index (χ1v) is 10.1. The van der Waals surface area contributed by atoms with Crippen LogP contribution in [0.5, 0.6) is 11.5 Å². The number of halogens is 1. The summed E-state index contributed by atoms with van der Waals surface area (Å²) in [6, 6.07) is 9.92. The molecule has 0 aliphatic rings. The van der Waals surface area contributed by atoms with Crippen molar-refractivity contribution in [2.24, 2.45) is 0 Å². The lowest BCUT2D eigenvalue weighted by atomic mass is 10.2. The van der Waals surface area contributed by atoms with E-state index in [1.807, 2.05) is 6.07 Å². The van der Waals surface area contributed by atoms with Gasteiger partial charge in [-0.25, -0.2) is 4.39 Å². The van der Waals surface area contributed by atoms with E-state index in [9.17, 15) is 4.39 Å². The zero-order valence-corrected chi connectivity index (χ0v) is 18.1. The maximum atomic E-state index is 14.4. The third-order valence-corrected chi connectivity index (χ3v) is 4.82. The van der Waals surface area contributed by atoms with E-state index in [0.717, 1.165) is 9.95 Å². The van der Waals surface area contributed by atoms with Gasteiger partial charge in [0.2, 0.25) is 0 Å². The number of rotatable bonds is 8. The second kappa shape index (κ2) is 9.61. The van der Waals surface area contributed by atoms with Crippen LogP contribution < -0.4 is 15.0 Å². The molecule has 0 saturated heterocycles. The number of aromatic nitrogens is 3. The molecule has 33 heavy (non-hydrogen) atoms. The average molecular weight is 451 g/mol. The minimum absolute atomic E-state index is 0.124. The third-order valence-electron chi connectivity index (χ3n) is 4.82. The Bertz CT molecular complexity index is 1360. The fourth-order valence-electron chi connectivity index (χ4n) is 3.18. The van der Waals surface area contributed by atoms with Crippen LogP contribution in [0.3, 0.4) is 0 Å². The lowest BCUT2D eigenvalue weighted by Crippen LogP contribution is -2.32. The normalized spacial score (nSPS) is 11.0. The van der Waals surface area contributed by atoms with Gasteiger partial charge in [-0.3, -0.25) is 20.4 Å². The van der Waals surface area contributed by atoms with E-state index >= 15 is 0 Å². The van der Waals surface area contributed by atoms with E-state index in [2.05, 4.69) is 10.1 Å². The van der Waals surface area contributed by atoms with Crippen molar-refractivity contribution in [3.8, 4) is 22.8 Å². The fraction of sp³-hybridized carbons (Fsp3) is 0.217. The van der Waals surface area contributed by atoms with E-state index in [1.54, 1.807) is 44.5 Å². The number of nitrogens with one attached hydrogen (secondary N) is 2. The van der Waals surface area contributed by atoms with Crippen molar-refractivity contribution >= 4 is 16.7 Å². The number of hydrogen-bond acceptors (Lipinski definition) is 8. The summed E-state index contributed by atoms with van der Waals surface area (Å²) in [7, 11) is 1.61. The Morgan fingerprint density at radius 3 is 2.76 bits per heavy atom. The van der Waals surface area contributed by atoms with Crippen LogP contribution in [0, 0.1) is 23.6 Å². The molecule has 0 aliphatic carbocycles. The van der Waals surface area contributed by atoms with Crippen molar-refractivity contribution in [1.82, 2.24) is 14.7 Å². The first-order chi connectivity index (χ1) is 16.0. The predicted octanol–water partition coefficient (Wildman–Crippen LogP) is 3.55. The molecule has 0 atom stereocenters. The van der Waals surface area contributed by atoms with Crippen LogP contribution in [-0.4, -0.2) is 47.5 Å². The quantitative estimate of drug-likeness (QED) is 0.240. The Morgan fingerprint density at radius 2 is 2.00 bits per heavy atom. The zero-order valence-electron chi connectivity index (χ0n) is 18.1. The van der Waals surface area contributed by atoms with Crippen LogP contribution in [0.2, 0.25) is 0 Å². The Hall–Kier alpha value is -4.05. The molecule has 0 spiro atoms. The molecule has 0 bridgehead atoms. The van der Waals surface area contributed by atoms with Crippen LogP contribution in [0.25, 0.3) is 22.2 Å². The maximum Gasteiger partial charge on any atom is 0.168 e. The van der Waals surface area contributed by atoms with Gasteiger partial charge in [-0.2, -0.15) is 0 Å². The van der Waals surface area contributed by atoms with Crippen molar-refractivity contribution in [2.45, 2.75) is 6.92 Å². The van der Waals surface area contributed by atoms with Gasteiger partial charge in [-0.05, 0) is 31.2 Å². The lowest BCUT2D eigenvalue weighted by Gasteiger charge is -2.13. The van der Waals surface area contributed by atoms with Gasteiger partial charge in [0.05, 0.1) is 17.8 Å². The monoisotopic (exact) mass is 451 g/mol. The minimum Gasteiger partial charge on any atom is -0.491 e. The molecule has 10 heteroatoms. The van der Waals surface area contributed by atoms with Gasteiger partial charge in [0.25, 0.3) is 0 Å². The molecule has 3 aromatic heterocycles. The second-order valence-electron chi connectivity index (χ2n) is 7.19. The number of methoxy groups -OCH3 is 1. The van der Waals surface area contributed by atoms with E-state index < -0.39 is 11.3 Å². The molecular formula is C23H22FN5O4. The van der Waals surface area contributed by atoms with Gasteiger partial charge >= 0.3 is 0 Å². The number of aryl methyl sites for hydroxylation is 1. The minimum atomic E-state index is -0.790. The van der Waals surface area contributed by atoms with Crippen LogP contribution in [-0.2, 0) is 4.74 Å². The molecule has 0 radical (unpaired) electrons. The summed E-state index contributed by atoms with van der Waals surface area (Å²) in [6.07, 6.45) is 3.04. The summed E-state index contributed by atoms with van der Waals surface area (Å²) in [5.41, 5.74) is 1.21. The molecule has 2 N–H and O–H groups in total. The number of fused-ring (bicyclic) bond motifs is 1. The van der Waals surface area contributed by atoms with Crippen LogP contribution >= 0.6 is 0 Å². The largest absolute Gasteiger partial charge is 0.491 e. The number of ether oxygens (including phenoxy) is 3. The second-order valence-corrected chi connectivity index (χ2v) is 7.19. The van der Waals surface area contributed by atoms with E-state index in [4.69, 9.17) is 29.6 Å². The van der Waals surface area contributed by atoms with E-state index in [0.29, 0.717) is 47.2 Å². The molecule has 4 aromatic rings. The summed E-state index contributed by atoms with van der Waals surface area (Å²) in [5, 5.41) is 20.9. The lowest BCUT2D eigenvalue weighted by molar-refractivity contribution is 0.146. The molecule has 9 nitrogen and oxygen atoms in total. The average Bonchev–Trinajstić information content (AvgIpc) is 3.25. The van der Waals surface area contributed by atoms with Crippen molar-refractivity contribution in [1.29, 1.82) is 10.8 Å². The topological polar surface area (TPSA) is 119 Å². The predicted molar refractivity (Wildman–Crippen MR) is 118 cm³/mol. The highest BCUT2D eigenvalue weighted by Gasteiger charge is 2.13. The number of pyridine rings is 2. The van der Waals surface area contributed by atoms with Crippen molar-refractivity contribution in [2.75, 3.05) is 26.9 Å². The number of benzene rings is 1. The smallest absolute Gasteiger partial charge is 0.168 e. The summed E-state index contributed by atoms with van der Waals surface area (Å²) < 4.78 is 37.1. The highest BCUT2D eigenvalue weighted by Crippen LogP contribution is 2.27. The number of nitrogens with zero attached hydrogens (tertiary/aromatic N) is 3. The molecule has 0 amide bonds. The highest BCUT2D eigenvalue weighted by atomic mass is 19.1. The van der Waals surface area contributed by atoms with Gasteiger partial charge in [0.1, 0.15) is 30.5 Å². The van der Waals surface area contributed by atoms with Gasteiger partial charge in [0.15, 0.2) is 17.1 Å². The summed E-state index contributed by atoms with van der Waals surface area (Å²) >= 11 is 0. The summed E-state index contributed by atoms with van der Waals surface area (Å²) in [5.74, 6) is 0.588. The summed E-state index contributed by atoms with van der Waals surface area (Å²) in [6.45, 7) is 2.45.